The van der Waals surface area contributed by atoms with Crippen molar-refractivity contribution in [2.24, 2.45) is 0 Å². The number of hydrogen-bond donors (Lipinski definition) is 2. The lowest BCUT2D eigenvalue weighted by Gasteiger charge is -2.06. The fourth-order valence-corrected chi connectivity index (χ4v) is 2.80. The van der Waals surface area contributed by atoms with Crippen LogP contribution < -0.4 is 5.32 Å². The smallest absolute Gasteiger partial charge is 0.307 e. The summed E-state index contributed by atoms with van der Waals surface area (Å²) < 4.78 is 0. The molecule has 2 aromatic rings. The van der Waals surface area contributed by atoms with Crippen LogP contribution in [0.25, 0.3) is 0 Å². The number of nitriles is 1. The molecule has 0 aliphatic rings. The van der Waals surface area contributed by atoms with Gasteiger partial charge >= 0.3 is 5.97 Å². The van der Waals surface area contributed by atoms with E-state index in [1.807, 2.05) is 12.1 Å². The minimum Gasteiger partial charge on any atom is -0.481 e. The van der Waals surface area contributed by atoms with Crippen LogP contribution in [-0.2, 0) is 21.8 Å². The van der Waals surface area contributed by atoms with Gasteiger partial charge in [0.25, 0.3) is 0 Å². The average molecular weight is 340 g/mol. The molecular weight excluding hydrogens is 324 g/mol. The first-order valence-corrected chi connectivity index (χ1v) is 8.39. The summed E-state index contributed by atoms with van der Waals surface area (Å²) in [6, 6.07) is 16.1. The molecule has 0 aliphatic heterocycles. The molecule has 0 heterocycles. The highest BCUT2D eigenvalue weighted by Gasteiger charge is 2.05. The molecule has 0 aliphatic carbocycles. The molecule has 0 bridgehead atoms. The monoisotopic (exact) mass is 340 g/mol. The van der Waals surface area contributed by atoms with Crippen LogP contribution >= 0.6 is 11.8 Å². The molecule has 2 rings (SSSR count). The molecule has 24 heavy (non-hydrogen) atoms. The lowest BCUT2D eigenvalue weighted by molar-refractivity contribution is -0.136. The molecule has 0 atom stereocenters. The van der Waals surface area contributed by atoms with E-state index in [9.17, 15) is 9.59 Å². The van der Waals surface area contributed by atoms with Crippen molar-refractivity contribution in [3.05, 3.63) is 65.2 Å². The summed E-state index contributed by atoms with van der Waals surface area (Å²) in [6.07, 6.45) is -0.0331. The summed E-state index contributed by atoms with van der Waals surface area (Å²) >= 11 is 1.49. The number of aliphatic carboxylic acids is 1. The largest absolute Gasteiger partial charge is 0.481 e. The first-order valence-electron chi connectivity index (χ1n) is 7.24. The van der Waals surface area contributed by atoms with E-state index in [2.05, 4.69) is 11.4 Å². The lowest BCUT2D eigenvalue weighted by atomic mass is 10.1. The average Bonchev–Trinajstić information content (AvgIpc) is 2.57. The van der Waals surface area contributed by atoms with Gasteiger partial charge in [-0.2, -0.15) is 5.26 Å². The second kappa shape index (κ2) is 8.75. The Labute approximate surface area is 144 Å². The second-order valence-corrected chi connectivity index (χ2v) is 6.10. The molecule has 0 aromatic heterocycles. The van der Waals surface area contributed by atoms with Crippen LogP contribution in [-0.4, -0.2) is 22.7 Å². The standard InChI is InChI=1S/C18H16N2O3S/c19-10-14-1-3-15(4-2-14)11-24-12-17(21)20-16-7-5-13(6-8-16)9-18(22)23/h1-8H,9,11-12H2,(H,20,21)(H,22,23). The van der Waals surface area contributed by atoms with Crippen LogP contribution in [0.2, 0.25) is 0 Å². The van der Waals surface area contributed by atoms with Gasteiger partial charge in [0, 0.05) is 11.4 Å². The zero-order chi connectivity index (χ0) is 17.4. The topological polar surface area (TPSA) is 90.2 Å². The molecular formula is C18H16N2O3S. The number of carbonyl (C=O) groups is 2. The number of carbonyl (C=O) groups excluding carboxylic acids is 1. The van der Waals surface area contributed by atoms with Crippen LogP contribution in [0.3, 0.4) is 0 Å². The van der Waals surface area contributed by atoms with Crippen LogP contribution in [0.15, 0.2) is 48.5 Å². The van der Waals surface area contributed by atoms with Gasteiger partial charge < -0.3 is 10.4 Å². The lowest BCUT2D eigenvalue weighted by Crippen LogP contribution is -2.14. The van der Waals surface area contributed by atoms with E-state index in [4.69, 9.17) is 10.4 Å². The molecule has 0 saturated heterocycles. The highest BCUT2D eigenvalue weighted by molar-refractivity contribution is 7.99. The Morgan fingerprint density at radius 2 is 1.67 bits per heavy atom. The number of nitrogens with one attached hydrogen (secondary N) is 1. The van der Waals surface area contributed by atoms with Crippen LogP contribution in [0.5, 0.6) is 0 Å². The maximum absolute atomic E-state index is 11.9. The molecule has 122 valence electrons. The van der Waals surface area contributed by atoms with Gasteiger partial charge in [0.2, 0.25) is 5.91 Å². The van der Waals surface area contributed by atoms with Gasteiger partial charge in [0.05, 0.1) is 23.8 Å². The minimum atomic E-state index is -0.883. The number of anilines is 1. The van der Waals surface area contributed by atoms with Crippen LogP contribution in [0, 0.1) is 11.3 Å². The van der Waals surface area contributed by atoms with Crippen molar-refractivity contribution < 1.29 is 14.7 Å². The number of amides is 1. The summed E-state index contributed by atoms with van der Waals surface area (Å²) in [5, 5.41) is 20.2. The predicted molar refractivity (Wildman–Crippen MR) is 93.7 cm³/mol. The summed E-state index contributed by atoms with van der Waals surface area (Å²) in [5.74, 6) is 0.0127. The Morgan fingerprint density at radius 1 is 1.04 bits per heavy atom. The Hall–Kier alpha value is -2.78. The third kappa shape index (κ3) is 5.78. The first kappa shape index (κ1) is 17.6. The molecule has 5 nitrogen and oxygen atoms in total. The molecule has 0 saturated carbocycles. The fraction of sp³-hybridized carbons (Fsp3) is 0.167. The van der Waals surface area contributed by atoms with E-state index in [0.29, 0.717) is 28.3 Å². The molecule has 0 fully saturated rings. The van der Waals surface area contributed by atoms with Crippen LogP contribution in [0.4, 0.5) is 5.69 Å². The van der Waals surface area contributed by atoms with E-state index in [0.717, 1.165) is 5.56 Å². The maximum atomic E-state index is 11.9. The van der Waals surface area contributed by atoms with Crippen molar-refractivity contribution in [3.8, 4) is 6.07 Å². The first-order chi connectivity index (χ1) is 11.6. The second-order valence-electron chi connectivity index (χ2n) is 5.12. The third-order valence-corrected chi connectivity index (χ3v) is 4.18. The Morgan fingerprint density at radius 3 is 2.25 bits per heavy atom. The molecule has 2 N–H and O–H groups in total. The summed E-state index contributed by atoms with van der Waals surface area (Å²) in [5.41, 5.74) is 3.02. The van der Waals surface area contributed by atoms with Crippen molar-refractivity contribution in [2.75, 3.05) is 11.1 Å². The van der Waals surface area contributed by atoms with Gasteiger partial charge in [-0.05, 0) is 35.4 Å². The molecule has 0 spiro atoms. The van der Waals surface area contributed by atoms with Gasteiger partial charge in [-0.25, -0.2) is 0 Å². The third-order valence-electron chi connectivity index (χ3n) is 3.18. The summed E-state index contributed by atoms with van der Waals surface area (Å²) in [4.78, 5) is 22.5. The van der Waals surface area contributed by atoms with E-state index in [1.165, 1.54) is 11.8 Å². The van der Waals surface area contributed by atoms with Gasteiger partial charge in [-0.1, -0.05) is 24.3 Å². The fourth-order valence-electron chi connectivity index (χ4n) is 2.01. The molecule has 0 radical (unpaired) electrons. The van der Waals surface area contributed by atoms with Crippen molar-refractivity contribution in [1.29, 1.82) is 5.26 Å². The number of nitrogens with zero attached hydrogens (tertiary/aromatic N) is 1. The molecule has 2 aromatic carbocycles. The number of benzene rings is 2. The SMILES string of the molecule is N#Cc1ccc(CSCC(=O)Nc2ccc(CC(=O)O)cc2)cc1. The molecule has 1 amide bonds. The van der Waals surface area contributed by atoms with Crippen molar-refractivity contribution in [3.63, 3.8) is 0 Å². The highest BCUT2D eigenvalue weighted by atomic mass is 32.2. The van der Waals surface area contributed by atoms with E-state index < -0.39 is 5.97 Å². The Bertz CT molecular complexity index is 749. The Balaban J connectivity index is 1.76. The summed E-state index contributed by atoms with van der Waals surface area (Å²) in [6.45, 7) is 0. The predicted octanol–water partition coefficient (Wildman–Crippen LogP) is 3.06. The Kier molecular flexibility index (Phi) is 6.41. The van der Waals surface area contributed by atoms with Gasteiger partial charge in [0.15, 0.2) is 0 Å². The van der Waals surface area contributed by atoms with Crippen molar-refractivity contribution >= 4 is 29.3 Å². The van der Waals surface area contributed by atoms with E-state index >= 15 is 0 Å². The normalized spacial score (nSPS) is 9.96. The maximum Gasteiger partial charge on any atom is 0.307 e. The van der Waals surface area contributed by atoms with Crippen molar-refractivity contribution in [1.82, 2.24) is 0 Å². The van der Waals surface area contributed by atoms with Crippen molar-refractivity contribution in [2.45, 2.75) is 12.2 Å². The summed E-state index contributed by atoms with van der Waals surface area (Å²) in [7, 11) is 0. The molecule has 0 unspecified atom stereocenters. The highest BCUT2D eigenvalue weighted by Crippen LogP contribution is 2.15. The van der Waals surface area contributed by atoms with Gasteiger partial charge in [0.1, 0.15) is 0 Å². The zero-order valence-electron chi connectivity index (χ0n) is 12.9. The molecule has 6 heteroatoms. The van der Waals surface area contributed by atoms with Gasteiger partial charge in [-0.15, -0.1) is 11.8 Å². The number of rotatable bonds is 7. The van der Waals surface area contributed by atoms with E-state index in [-0.39, 0.29) is 12.3 Å². The van der Waals surface area contributed by atoms with Crippen LogP contribution in [0.1, 0.15) is 16.7 Å². The number of thioether (sulfide) groups is 1. The van der Waals surface area contributed by atoms with Gasteiger partial charge in [-0.3, -0.25) is 9.59 Å². The number of carboxylic acids is 1. The minimum absolute atomic E-state index is 0.0331. The number of carboxylic acid groups (broad SMARTS) is 1. The number of hydrogen-bond acceptors (Lipinski definition) is 4. The zero-order valence-corrected chi connectivity index (χ0v) is 13.7. The quantitative estimate of drug-likeness (QED) is 0.808. The van der Waals surface area contributed by atoms with E-state index in [1.54, 1.807) is 36.4 Å².